The van der Waals surface area contributed by atoms with Gasteiger partial charge in [0.05, 0.1) is 37.2 Å². The fraction of sp³-hybridized carbons (Fsp3) is 0.476. The van der Waals surface area contributed by atoms with Crippen molar-refractivity contribution in [2.75, 3.05) is 32.8 Å². The molecule has 0 aromatic carbocycles. The molecule has 1 fully saturated rings. The average molecular weight is 380 g/mol. The van der Waals surface area contributed by atoms with Crippen LogP contribution in [0.1, 0.15) is 23.4 Å². The fourth-order valence-corrected chi connectivity index (χ4v) is 3.93. The van der Waals surface area contributed by atoms with Crippen LogP contribution < -0.4 is 5.49 Å². The molecular formula is C21H28N6O. The number of pyridine rings is 1. The van der Waals surface area contributed by atoms with Gasteiger partial charge in [-0.1, -0.05) is 6.07 Å². The van der Waals surface area contributed by atoms with Gasteiger partial charge in [0.25, 0.3) is 0 Å². The van der Waals surface area contributed by atoms with E-state index < -0.39 is 0 Å². The summed E-state index contributed by atoms with van der Waals surface area (Å²) in [7, 11) is 0. The summed E-state index contributed by atoms with van der Waals surface area (Å²) < 4.78 is 9.57. The Bertz CT molecular complexity index is 1000. The number of aryl methyl sites for hydroxylation is 2. The van der Waals surface area contributed by atoms with E-state index in [0.29, 0.717) is 12.0 Å². The van der Waals surface area contributed by atoms with Crippen molar-refractivity contribution < 1.29 is 4.74 Å². The zero-order valence-electron chi connectivity index (χ0n) is 16.7. The van der Waals surface area contributed by atoms with Crippen molar-refractivity contribution in [3.8, 4) is 0 Å². The number of fused-ring (bicyclic) bond motifs is 1. The minimum Gasteiger partial charge on any atom is -0.379 e. The van der Waals surface area contributed by atoms with Crippen LogP contribution in [-0.4, -0.2) is 56.9 Å². The SMILES string of the molecule is Cc1c(C)n(CCCN2CCOCC2)c2ncn(Cc3ccccn3)c(=N)c12. The van der Waals surface area contributed by atoms with Crippen LogP contribution in [0.25, 0.3) is 11.0 Å². The average Bonchev–Trinajstić information content (AvgIpc) is 2.97. The van der Waals surface area contributed by atoms with Crippen molar-refractivity contribution in [1.29, 1.82) is 5.41 Å². The van der Waals surface area contributed by atoms with Gasteiger partial charge in [0, 0.05) is 38.1 Å². The highest BCUT2D eigenvalue weighted by Gasteiger charge is 2.16. The van der Waals surface area contributed by atoms with Crippen molar-refractivity contribution in [2.45, 2.75) is 33.4 Å². The van der Waals surface area contributed by atoms with Crippen LogP contribution in [0.5, 0.6) is 0 Å². The topological polar surface area (TPSA) is 72.0 Å². The van der Waals surface area contributed by atoms with Gasteiger partial charge >= 0.3 is 0 Å². The highest BCUT2D eigenvalue weighted by molar-refractivity contribution is 5.80. The van der Waals surface area contributed by atoms with Gasteiger partial charge < -0.3 is 13.9 Å². The lowest BCUT2D eigenvalue weighted by atomic mass is 10.2. The Balaban J connectivity index is 1.57. The smallest absolute Gasteiger partial charge is 0.145 e. The summed E-state index contributed by atoms with van der Waals surface area (Å²) in [5.41, 5.74) is 4.70. The molecule has 1 aliphatic rings. The number of rotatable bonds is 6. The standard InChI is InChI=1S/C21H28N6O/c1-16-17(2)27(9-5-8-25-10-12-28-13-11-25)21-19(16)20(22)26(15-24-21)14-18-6-3-4-7-23-18/h3-4,6-7,15,22H,5,8-14H2,1-2H3. The third-order valence-electron chi connectivity index (χ3n) is 5.66. The first-order valence-electron chi connectivity index (χ1n) is 9.94. The van der Waals surface area contributed by atoms with Crippen molar-refractivity contribution in [1.82, 2.24) is 24.0 Å². The number of morpholine rings is 1. The van der Waals surface area contributed by atoms with Crippen molar-refractivity contribution >= 4 is 11.0 Å². The number of hydrogen-bond acceptors (Lipinski definition) is 5. The molecule has 0 unspecified atom stereocenters. The van der Waals surface area contributed by atoms with Crippen LogP contribution >= 0.6 is 0 Å². The molecule has 28 heavy (non-hydrogen) atoms. The molecule has 3 aromatic rings. The number of ether oxygens (including phenoxy) is 1. The summed E-state index contributed by atoms with van der Waals surface area (Å²) >= 11 is 0. The second-order valence-corrected chi connectivity index (χ2v) is 7.41. The van der Waals surface area contributed by atoms with E-state index in [1.165, 1.54) is 5.69 Å². The molecule has 4 heterocycles. The molecule has 7 nitrogen and oxygen atoms in total. The van der Waals surface area contributed by atoms with Gasteiger partial charge in [0.1, 0.15) is 11.1 Å². The fourth-order valence-electron chi connectivity index (χ4n) is 3.93. The maximum absolute atomic E-state index is 8.74. The number of hydrogen-bond donors (Lipinski definition) is 1. The van der Waals surface area contributed by atoms with E-state index in [1.807, 2.05) is 22.8 Å². The number of nitrogens with zero attached hydrogens (tertiary/aromatic N) is 5. The molecule has 0 bridgehead atoms. The summed E-state index contributed by atoms with van der Waals surface area (Å²) in [5, 5.41) is 9.68. The highest BCUT2D eigenvalue weighted by Crippen LogP contribution is 2.21. The largest absolute Gasteiger partial charge is 0.379 e. The van der Waals surface area contributed by atoms with Crippen LogP contribution in [0.2, 0.25) is 0 Å². The van der Waals surface area contributed by atoms with Gasteiger partial charge in [0.2, 0.25) is 0 Å². The molecule has 1 saturated heterocycles. The lowest BCUT2D eigenvalue weighted by Gasteiger charge is -2.26. The lowest BCUT2D eigenvalue weighted by molar-refractivity contribution is 0.0369. The zero-order valence-corrected chi connectivity index (χ0v) is 16.7. The second kappa shape index (κ2) is 8.24. The van der Waals surface area contributed by atoms with Gasteiger partial charge in [-0.2, -0.15) is 0 Å². The molecular weight excluding hydrogens is 352 g/mol. The van der Waals surface area contributed by atoms with Crippen molar-refractivity contribution in [2.24, 2.45) is 0 Å². The van der Waals surface area contributed by atoms with E-state index in [0.717, 1.165) is 68.1 Å². The predicted octanol–water partition coefficient (Wildman–Crippen LogP) is 2.10. The monoisotopic (exact) mass is 380 g/mol. The first-order valence-corrected chi connectivity index (χ1v) is 9.94. The molecule has 4 rings (SSSR count). The molecule has 0 spiro atoms. The van der Waals surface area contributed by atoms with E-state index >= 15 is 0 Å². The summed E-state index contributed by atoms with van der Waals surface area (Å²) in [4.78, 5) is 11.6. The molecule has 7 heteroatoms. The summed E-state index contributed by atoms with van der Waals surface area (Å²) in [6.45, 7) is 10.5. The Hall–Kier alpha value is -2.51. The molecule has 148 valence electrons. The first-order chi connectivity index (χ1) is 13.6. The molecule has 0 atom stereocenters. The minimum atomic E-state index is 0.503. The molecule has 1 N–H and O–H groups in total. The summed E-state index contributed by atoms with van der Waals surface area (Å²) in [6, 6.07) is 5.85. The number of nitrogens with one attached hydrogen (secondary N) is 1. The third kappa shape index (κ3) is 3.72. The van der Waals surface area contributed by atoms with Crippen LogP contribution in [0.4, 0.5) is 0 Å². The molecule has 0 aliphatic carbocycles. The number of aromatic nitrogens is 4. The van der Waals surface area contributed by atoms with Gasteiger partial charge in [-0.3, -0.25) is 15.3 Å². The first kappa shape index (κ1) is 18.8. The van der Waals surface area contributed by atoms with Gasteiger partial charge in [-0.15, -0.1) is 0 Å². The normalized spacial score (nSPS) is 15.4. The highest BCUT2D eigenvalue weighted by atomic mass is 16.5. The summed E-state index contributed by atoms with van der Waals surface area (Å²) in [5.74, 6) is 0. The second-order valence-electron chi connectivity index (χ2n) is 7.41. The van der Waals surface area contributed by atoms with Crippen molar-refractivity contribution in [3.05, 3.63) is 53.2 Å². The predicted molar refractivity (Wildman–Crippen MR) is 108 cm³/mol. The molecule has 0 amide bonds. The molecule has 0 saturated carbocycles. The Kier molecular flexibility index (Phi) is 5.54. The lowest BCUT2D eigenvalue weighted by Crippen LogP contribution is -2.37. The van der Waals surface area contributed by atoms with Gasteiger partial charge in [-0.05, 0) is 38.0 Å². The van der Waals surface area contributed by atoms with E-state index in [4.69, 9.17) is 15.1 Å². The van der Waals surface area contributed by atoms with Gasteiger partial charge in [0.15, 0.2) is 0 Å². The van der Waals surface area contributed by atoms with Gasteiger partial charge in [-0.25, -0.2) is 4.98 Å². The third-order valence-corrected chi connectivity index (χ3v) is 5.66. The minimum absolute atomic E-state index is 0.503. The van der Waals surface area contributed by atoms with Crippen molar-refractivity contribution in [3.63, 3.8) is 0 Å². The maximum Gasteiger partial charge on any atom is 0.145 e. The Labute approximate surface area is 165 Å². The maximum atomic E-state index is 8.74. The summed E-state index contributed by atoms with van der Waals surface area (Å²) in [6.07, 6.45) is 4.63. The Morgan fingerprint density at radius 1 is 1.11 bits per heavy atom. The Morgan fingerprint density at radius 2 is 1.93 bits per heavy atom. The van der Waals surface area contributed by atoms with E-state index in [-0.39, 0.29) is 0 Å². The van der Waals surface area contributed by atoms with Crippen LogP contribution in [0.15, 0.2) is 30.7 Å². The zero-order chi connectivity index (χ0) is 19.5. The van der Waals surface area contributed by atoms with E-state index in [1.54, 1.807) is 12.5 Å². The Morgan fingerprint density at radius 3 is 2.68 bits per heavy atom. The van der Waals surface area contributed by atoms with Crippen LogP contribution in [-0.2, 0) is 17.8 Å². The molecule has 3 aromatic heterocycles. The quantitative estimate of drug-likeness (QED) is 0.711. The van der Waals surface area contributed by atoms with E-state index in [9.17, 15) is 0 Å². The molecule has 1 aliphatic heterocycles. The van der Waals surface area contributed by atoms with E-state index in [2.05, 4.69) is 28.3 Å². The molecule has 0 radical (unpaired) electrons. The van der Waals surface area contributed by atoms with Crippen LogP contribution in [0.3, 0.4) is 0 Å². The van der Waals surface area contributed by atoms with Crippen LogP contribution in [0, 0.1) is 19.3 Å².